The van der Waals surface area contributed by atoms with Crippen LogP contribution in [0.4, 0.5) is 4.39 Å². The largest absolute Gasteiger partial charge is 0.383 e. The Morgan fingerprint density at radius 2 is 2.06 bits per heavy atom. The third-order valence-electron chi connectivity index (χ3n) is 2.28. The summed E-state index contributed by atoms with van der Waals surface area (Å²) < 4.78 is 17.7. The number of pyridine rings is 1. The molecule has 0 unspecified atom stereocenters. The Bertz CT molecular complexity index is 310. The standard InChI is InChI=1S/C12H20FN3O/c1-17-6-5-14-3-2-4-15-8-11-7-12(13)10-16-9-11/h7,9-10,14-15H,2-6,8H2,1H3. The molecule has 96 valence electrons. The van der Waals surface area contributed by atoms with Gasteiger partial charge in [-0.1, -0.05) is 0 Å². The first kappa shape index (κ1) is 14.0. The lowest BCUT2D eigenvalue weighted by Crippen LogP contribution is -2.24. The average Bonchev–Trinajstić information content (AvgIpc) is 2.33. The number of rotatable bonds is 9. The molecule has 0 atom stereocenters. The molecule has 0 aliphatic rings. The summed E-state index contributed by atoms with van der Waals surface area (Å²) in [6.45, 7) is 4.13. The molecule has 4 nitrogen and oxygen atoms in total. The van der Waals surface area contributed by atoms with Gasteiger partial charge in [0.1, 0.15) is 5.82 Å². The van der Waals surface area contributed by atoms with Crippen molar-refractivity contribution in [1.29, 1.82) is 0 Å². The van der Waals surface area contributed by atoms with Gasteiger partial charge in [-0.05, 0) is 31.1 Å². The van der Waals surface area contributed by atoms with Gasteiger partial charge in [0.2, 0.25) is 0 Å². The summed E-state index contributed by atoms with van der Waals surface area (Å²) in [5.74, 6) is -0.287. The van der Waals surface area contributed by atoms with Gasteiger partial charge in [-0.15, -0.1) is 0 Å². The predicted octanol–water partition coefficient (Wildman–Crippen LogP) is 0.936. The van der Waals surface area contributed by atoms with Crippen LogP contribution in [0, 0.1) is 5.82 Å². The van der Waals surface area contributed by atoms with E-state index in [1.165, 1.54) is 12.3 Å². The van der Waals surface area contributed by atoms with Crippen molar-refractivity contribution in [2.24, 2.45) is 0 Å². The summed E-state index contributed by atoms with van der Waals surface area (Å²) >= 11 is 0. The first-order valence-corrected chi connectivity index (χ1v) is 5.82. The van der Waals surface area contributed by atoms with E-state index in [1.54, 1.807) is 13.3 Å². The highest BCUT2D eigenvalue weighted by Gasteiger charge is 1.95. The molecule has 1 heterocycles. The van der Waals surface area contributed by atoms with Gasteiger partial charge in [0.05, 0.1) is 12.8 Å². The molecule has 0 radical (unpaired) electrons. The number of ether oxygens (including phenoxy) is 1. The Labute approximate surface area is 102 Å². The van der Waals surface area contributed by atoms with Crippen LogP contribution >= 0.6 is 0 Å². The second-order valence-corrected chi connectivity index (χ2v) is 3.78. The quantitative estimate of drug-likeness (QED) is 0.632. The Morgan fingerprint density at radius 1 is 1.24 bits per heavy atom. The van der Waals surface area contributed by atoms with Gasteiger partial charge in [0.25, 0.3) is 0 Å². The van der Waals surface area contributed by atoms with Crippen LogP contribution in [0.1, 0.15) is 12.0 Å². The van der Waals surface area contributed by atoms with E-state index in [0.717, 1.165) is 38.2 Å². The van der Waals surface area contributed by atoms with Crippen molar-refractivity contribution in [2.75, 3.05) is 33.4 Å². The molecular formula is C12H20FN3O. The normalized spacial score (nSPS) is 10.7. The van der Waals surface area contributed by atoms with Crippen molar-refractivity contribution < 1.29 is 9.13 Å². The SMILES string of the molecule is COCCNCCCNCc1cncc(F)c1. The smallest absolute Gasteiger partial charge is 0.141 e. The van der Waals surface area contributed by atoms with Crippen LogP contribution in [-0.2, 0) is 11.3 Å². The van der Waals surface area contributed by atoms with Gasteiger partial charge in [0, 0.05) is 26.4 Å². The van der Waals surface area contributed by atoms with Crippen molar-refractivity contribution in [3.63, 3.8) is 0 Å². The second kappa shape index (κ2) is 9.04. The highest BCUT2D eigenvalue weighted by atomic mass is 19.1. The van der Waals surface area contributed by atoms with Gasteiger partial charge in [-0.2, -0.15) is 0 Å². The number of methoxy groups -OCH3 is 1. The van der Waals surface area contributed by atoms with Crippen LogP contribution < -0.4 is 10.6 Å². The summed E-state index contributed by atoms with van der Waals surface area (Å²) in [4.78, 5) is 3.79. The van der Waals surface area contributed by atoms with Gasteiger partial charge in [0.15, 0.2) is 0 Å². The molecule has 0 amide bonds. The van der Waals surface area contributed by atoms with E-state index in [9.17, 15) is 4.39 Å². The number of nitrogens with zero attached hydrogens (tertiary/aromatic N) is 1. The van der Waals surface area contributed by atoms with Crippen LogP contribution in [0.15, 0.2) is 18.5 Å². The minimum Gasteiger partial charge on any atom is -0.383 e. The molecule has 1 aromatic rings. The van der Waals surface area contributed by atoms with Gasteiger partial charge >= 0.3 is 0 Å². The molecule has 0 saturated heterocycles. The number of halogens is 1. The number of aromatic nitrogens is 1. The number of hydrogen-bond acceptors (Lipinski definition) is 4. The molecule has 2 N–H and O–H groups in total. The monoisotopic (exact) mass is 241 g/mol. The molecule has 5 heteroatoms. The second-order valence-electron chi connectivity index (χ2n) is 3.78. The van der Waals surface area contributed by atoms with Gasteiger partial charge in [-0.25, -0.2) is 4.39 Å². The summed E-state index contributed by atoms with van der Waals surface area (Å²) in [6.07, 6.45) is 3.92. The summed E-state index contributed by atoms with van der Waals surface area (Å²) in [7, 11) is 1.69. The van der Waals surface area contributed by atoms with Crippen molar-refractivity contribution in [1.82, 2.24) is 15.6 Å². The molecule has 1 aromatic heterocycles. The maximum absolute atomic E-state index is 12.8. The van der Waals surface area contributed by atoms with Gasteiger partial charge in [-0.3, -0.25) is 4.98 Å². The van der Waals surface area contributed by atoms with Crippen LogP contribution in [0.3, 0.4) is 0 Å². The maximum Gasteiger partial charge on any atom is 0.141 e. The van der Waals surface area contributed by atoms with E-state index in [1.807, 2.05) is 0 Å². The minimum atomic E-state index is -0.287. The third-order valence-corrected chi connectivity index (χ3v) is 2.28. The lowest BCUT2D eigenvalue weighted by molar-refractivity contribution is 0.199. The first-order chi connectivity index (χ1) is 8.33. The Balaban J connectivity index is 1.97. The molecule has 17 heavy (non-hydrogen) atoms. The molecule has 0 bridgehead atoms. The van der Waals surface area contributed by atoms with Crippen LogP contribution in [0.5, 0.6) is 0 Å². The third kappa shape index (κ3) is 6.99. The van der Waals surface area contributed by atoms with Crippen molar-refractivity contribution in [3.8, 4) is 0 Å². The molecule has 0 spiro atoms. The summed E-state index contributed by atoms with van der Waals surface area (Å²) in [6, 6.07) is 1.50. The van der Waals surface area contributed by atoms with E-state index in [0.29, 0.717) is 6.54 Å². The Kier molecular flexibility index (Phi) is 7.46. The fraction of sp³-hybridized carbons (Fsp3) is 0.583. The van der Waals surface area contributed by atoms with Crippen LogP contribution in [0.25, 0.3) is 0 Å². The first-order valence-electron chi connectivity index (χ1n) is 5.82. The molecule has 0 aromatic carbocycles. The summed E-state index contributed by atoms with van der Waals surface area (Å²) in [5.41, 5.74) is 0.873. The van der Waals surface area contributed by atoms with E-state index in [4.69, 9.17) is 4.74 Å². The maximum atomic E-state index is 12.8. The zero-order chi connectivity index (χ0) is 12.3. The lowest BCUT2D eigenvalue weighted by atomic mass is 10.3. The van der Waals surface area contributed by atoms with Crippen molar-refractivity contribution in [3.05, 3.63) is 29.8 Å². The van der Waals surface area contributed by atoms with E-state index < -0.39 is 0 Å². The topological polar surface area (TPSA) is 46.2 Å². The van der Waals surface area contributed by atoms with E-state index in [2.05, 4.69) is 15.6 Å². The Hall–Kier alpha value is -1.04. The van der Waals surface area contributed by atoms with Crippen molar-refractivity contribution >= 4 is 0 Å². The summed E-state index contributed by atoms with van der Waals surface area (Å²) in [5, 5.41) is 6.50. The molecule has 0 saturated carbocycles. The average molecular weight is 241 g/mol. The molecule has 1 rings (SSSR count). The predicted molar refractivity (Wildman–Crippen MR) is 65.3 cm³/mol. The highest BCUT2D eigenvalue weighted by Crippen LogP contribution is 1.99. The highest BCUT2D eigenvalue weighted by molar-refractivity contribution is 5.09. The molecule has 0 fully saturated rings. The van der Waals surface area contributed by atoms with E-state index in [-0.39, 0.29) is 5.82 Å². The molecular weight excluding hydrogens is 221 g/mol. The molecule has 0 aliphatic heterocycles. The van der Waals surface area contributed by atoms with Gasteiger partial charge < -0.3 is 15.4 Å². The Morgan fingerprint density at radius 3 is 2.82 bits per heavy atom. The molecule has 0 aliphatic carbocycles. The van der Waals surface area contributed by atoms with Crippen molar-refractivity contribution in [2.45, 2.75) is 13.0 Å². The van der Waals surface area contributed by atoms with Crippen LogP contribution in [-0.4, -0.2) is 38.3 Å². The minimum absolute atomic E-state index is 0.287. The van der Waals surface area contributed by atoms with Crippen LogP contribution in [0.2, 0.25) is 0 Å². The zero-order valence-corrected chi connectivity index (χ0v) is 10.2. The fourth-order valence-electron chi connectivity index (χ4n) is 1.42. The van der Waals surface area contributed by atoms with E-state index >= 15 is 0 Å². The fourth-order valence-corrected chi connectivity index (χ4v) is 1.42. The number of hydrogen-bond donors (Lipinski definition) is 2. The number of nitrogens with one attached hydrogen (secondary N) is 2. The lowest BCUT2D eigenvalue weighted by Gasteiger charge is -2.06. The zero-order valence-electron chi connectivity index (χ0n) is 10.2.